The van der Waals surface area contributed by atoms with Crippen LogP contribution < -0.4 is 5.73 Å². The summed E-state index contributed by atoms with van der Waals surface area (Å²) >= 11 is 0. The second-order valence-electron chi connectivity index (χ2n) is 8.11. The first-order valence-electron chi connectivity index (χ1n) is 9.99. The Hall–Kier alpha value is -1.88. The van der Waals surface area contributed by atoms with Crippen molar-refractivity contribution < 1.29 is 5.11 Å². The number of nitrogen functional groups attached to an aromatic ring is 1. The number of nitrogens with two attached hydrogens (primary N) is 1. The molecule has 4 heteroatoms. The predicted molar refractivity (Wildman–Crippen MR) is 113 cm³/mol. The van der Waals surface area contributed by atoms with Gasteiger partial charge in [0.2, 0.25) is 0 Å². The molecular weight excluding hydrogens is 334 g/mol. The highest BCUT2D eigenvalue weighted by molar-refractivity contribution is 5.40. The number of likely N-dealkylation sites (N-methyl/N-ethyl adjacent to an activating group) is 1. The lowest BCUT2D eigenvalue weighted by atomic mass is 9.88. The van der Waals surface area contributed by atoms with E-state index in [0.29, 0.717) is 0 Å². The van der Waals surface area contributed by atoms with Crippen LogP contribution in [0.2, 0.25) is 0 Å². The van der Waals surface area contributed by atoms with Crippen LogP contribution in [0.25, 0.3) is 0 Å². The van der Waals surface area contributed by atoms with Crippen molar-refractivity contribution >= 4 is 5.69 Å². The van der Waals surface area contributed by atoms with E-state index in [1.165, 1.54) is 18.4 Å². The van der Waals surface area contributed by atoms with Crippen LogP contribution in [-0.4, -0.2) is 54.7 Å². The third kappa shape index (κ3) is 5.55. The van der Waals surface area contributed by atoms with E-state index in [0.717, 1.165) is 43.2 Å². The molecular formula is C23H33N3O. The molecule has 0 bridgehead atoms. The van der Waals surface area contributed by atoms with Gasteiger partial charge in [-0.3, -0.25) is 4.90 Å². The van der Waals surface area contributed by atoms with E-state index in [2.05, 4.69) is 54.2 Å². The quantitative estimate of drug-likeness (QED) is 0.738. The minimum absolute atomic E-state index is 0.0984. The molecule has 2 aromatic carbocycles. The monoisotopic (exact) mass is 367 g/mol. The average Bonchev–Trinajstić information content (AvgIpc) is 2.68. The number of rotatable bonds is 7. The minimum atomic E-state index is -0.501. The molecule has 0 amide bonds. The van der Waals surface area contributed by atoms with Gasteiger partial charge in [0.25, 0.3) is 0 Å². The highest BCUT2D eigenvalue weighted by atomic mass is 16.3. The van der Waals surface area contributed by atoms with E-state index in [4.69, 9.17) is 5.73 Å². The number of anilines is 1. The fraction of sp³-hybridized carbons (Fsp3) is 0.478. The molecule has 3 N–H and O–H groups in total. The molecule has 1 saturated heterocycles. The van der Waals surface area contributed by atoms with Crippen LogP contribution in [0.5, 0.6) is 0 Å². The summed E-state index contributed by atoms with van der Waals surface area (Å²) in [5.41, 5.74) is 8.92. The van der Waals surface area contributed by atoms with Crippen molar-refractivity contribution in [1.82, 2.24) is 9.80 Å². The second-order valence-corrected chi connectivity index (χ2v) is 8.11. The Morgan fingerprint density at radius 1 is 1.04 bits per heavy atom. The Labute approximate surface area is 163 Å². The van der Waals surface area contributed by atoms with Gasteiger partial charge in [-0.25, -0.2) is 0 Å². The van der Waals surface area contributed by atoms with Crippen molar-refractivity contribution in [1.29, 1.82) is 0 Å². The summed E-state index contributed by atoms with van der Waals surface area (Å²) in [4.78, 5) is 4.64. The number of benzene rings is 2. The molecule has 4 nitrogen and oxygen atoms in total. The Balaban J connectivity index is 1.63. The van der Waals surface area contributed by atoms with Gasteiger partial charge in [-0.05, 0) is 75.6 Å². The molecule has 0 saturated carbocycles. The molecule has 0 spiro atoms. The fourth-order valence-corrected chi connectivity index (χ4v) is 4.14. The van der Waals surface area contributed by atoms with Crippen molar-refractivity contribution in [2.24, 2.45) is 5.92 Å². The number of hydrogen-bond donors (Lipinski definition) is 2. The molecule has 1 fully saturated rings. The van der Waals surface area contributed by atoms with Gasteiger partial charge in [0.05, 0.1) is 12.1 Å². The molecule has 1 aliphatic rings. The first-order chi connectivity index (χ1) is 13.0. The van der Waals surface area contributed by atoms with Gasteiger partial charge in [-0.15, -0.1) is 0 Å². The number of aliphatic hydroxyl groups excluding tert-OH is 1. The first-order valence-corrected chi connectivity index (χ1v) is 9.99. The van der Waals surface area contributed by atoms with Crippen molar-refractivity contribution in [2.45, 2.75) is 31.4 Å². The summed E-state index contributed by atoms with van der Waals surface area (Å²) < 4.78 is 0. The highest BCUT2D eigenvalue weighted by Gasteiger charge is 2.31. The van der Waals surface area contributed by atoms with Crippen LogP contribution in [0.4, 0.5) is 5.69 Å². The standard InChI is InChI=1S/C23H33N3O/c1-25(2)17-22(23(27)20-8-10-21(24)11-9-20)26-14-12-19(13-15-26)16-18-6-4-3-5-7-18/h3-11,19,22-23,27H,12-17,24H2,1-2H3. The van der Waals surface area contributed by atoms with Gasteiger partial charge < -0.3 is 15.7 Å². The van der Waals surface area contributed by atoms with E-state index in [1.54, 1.807) is 0 Å². The van der Waals surface area contributed by atoms with Gasteiger partial charge in [-0.1, -0.05) is 42.5 Å². The largest absolute Gasteiger partial charge is 0.399 e. The summed E-state index contributed by atoms with van der Waals surface area (Å²) in [5.74, 6) is 0.734. The number of likely N-dealkylation sites (tertiary alicyclic amines) is 1. The lowest BCUT2D eigenvalue weighted by Crippen LogP contribution is -2.49. The molecule has 0 aromatic heterocycles. The van der Waals surface area contributed by atoms with E-state index < -0.39 is 6.10 Å². The molecule has 0 radical (unpaired) electrons. The minimum Gasteiger partial charge on any atom is -0.399 e. The molecule has 2 atom stereocenters. The topological polar surface area (TPSA) is 52.7 Å². The number of piperidine rings is 1. The van der Waals surface area contributed by atoms with Crippen molar-refractivity contribution in [3.05, 3.63) is 65.7 Å². The maximum atomic E-state index is 11.1. The van der Waals surface area contributed by atoms with E-state index in [1.807, 2.05) is 24.3 Å². The number of aliphatic hydroxyl groups is 1. The second kappa shape index (κ2) is 9.36. The fourth-order valence-electron chi connectivity index (χ4n) is 4.14. The van der Waals surface area contributed by atoms with Crippen LogP contribution in [0.1, 0.15) is 30.1 Å². The summed E-state index contributed by atoms with van der Waals surface area (Å²) in [6, 6.07) is 18.5. The van der Waals surface area contributed by atoms with Gasteiger partial charge in [0.1, 0.15) is 0 Å². The Morgan fingerprint density at radius 3 is 2.26 bits per heavy atom. The molecule has 1 heterocycles. The van der Waals surface area contributed by atoms with Crippen LogP contribution in [0.3, 0.4) is 0 Å². The van der Waals surface area contributed by atoms with Crippen LogP contribution >= 0.6 is 0 Å². The molecule has 1 aliphatic heterocycles. The van der Waals surface area contributed by atoms with Crippen molar-refractivity contribution in [2.75, 3.05) is 39.5 Å². The lowest BCUT2D eigenvalue weighted by Gasteiger charge is -2.41. The normalized spacial score (nSPS) is 18.5. The van der Waals surface area contributed by atoms with Crippen molar-refractivity contribution in [3.8, 4) is 0 Å². The smallest absolute Gasteiger partial charge is 0.0957 e. The Kier molecular flexibility index (Phi) is 6.89. The van der Waals surface area contributed by atoms with Gasteiger partial charge in [0, 0.05) is 12.2 Å². The van der Waals surface area contributed by atoms with E-state index >= 15 is 0 Å². The van der Waals surface area contributed by atoms with Gasteiger partial charge in [-0.2, -0.15) is 0 Å². The SMILES string of the molecule is CN(C)CC(C(O)c1ccc(N)cc1)N1CCC(Cc2ccccc2)CC1. The van der Waals surface area contributed by atoms with Crippen LogP contribution in [0, 0.1) is 5.92 Å². The first kappa shape index (κ1) is 19.9. The molecule has 2 unspecified atom stereocenters. The summed E-state index contributed by atoms with van der Waals surface area (Å²) in [6.45, 7) is 2.93. The van der Waals surface area contributed by atoms with Crippen LogP contribution in [0.15, 0.2) is 54.6 Å². The van der Waals surface area contributed by atoms with E-state index in [9.17, 15) is 5.11 Å². The van der Waals surface area contributed by atoms with Gasteiger partial charge >= 0.3 is 0 Å². The zero-order valence-corrected chi connectivity index (χ0v) is 16.6. The van der Waals surface area contributed by atoms with Crippen molar-refractivity contribution in [3.63, 3.8) is 0 Å². The molecule has 3 rings (SSSR count). The van der Waals surface area contributed by atoms with Crippen LogP contribution in [-0.2, 0) is 6.42 Å². The third-order valence-electron chi connectivity index (χ3n) is 5.68. The van der Waals surface area contributed by atoms with E-state index in [-0.39, 0.29) is 6.04 Å². The Bertz CT molecular complexity index is 679. The molecule has 0 aliphatic carbocycles. The third-order valence-corrected chi connectivity index (χ3v) is 5.68. The zero-order chi connectivity index (χ0) is 19.2. The molecule has 27 heavy (non-hydrogen) atoms. The summed E-state index contributed by atoms with van der Waals surface area (Å²) in [5, 5.41) is 11.1. The van der Waals surface area contributed by atoms with Gasteiger partial charge in [0.15, 0.2) is 0 Å². The predicted octanol–water partition coefficient (Wildman–Crippen LogP) is 3.19. The maximum Gasteiger partial charge on any atom is 0.0957 e. The average molecular weight is 368 g/mol. The maximum absolute atomic E-state index is 11.1. The molecule has 2 aromatic rings. The molecule has 146 valence electrons. The number of hydrogen-bond acceptors (Lipinski definition) is 4. The lowest BCUT2D eigenvalue weighted by molar-refractivity contribution is 0.0156. The highest BCUT2D eigenvalue weighted by Crippen LogP contribution is 2.28. The number of nitrogens with zero attached hydrogens (tertiary/aromatic N) is 2. The zero-order valence-electron chi connectivity index (χ0n) is 16.6. The summed E-state index contributed by atoms with van der Waals surface area (Å²) in [6.07, 6.45) is 3.03. The summed E-state index contributed by atoms with van der Waals surface area (Å²) in [7, 11) is 4.15. The Morgan fingerprint density at radius 2 is 1.67 bits per heavy atom.